The molecule has 2 aliphatic rings. The highest BCUT2D eigenvalue weighted by Gasteiger charge is 2.42. The maximum Gasteiger partial charge on any atom is 0.264 e. The molecule has 0 radical (unpaired) electrons. The van der Waals surface area contributed by atoms with Gasteiger partial charge in [-0.1, -0.05) is 18.2 Å². The summed E-state index contributed by atoms with van der Waals surface area (Å²) in [5.41, 5.74) is 8.88. The molecule has 7 nitrogen and oxygen atoms in total. The number of fused-ring (bicyclic) bond motifs is 1. The molecule has 146 valence electrons. The largest absolute Gasteiger partial charge is 0.369 e. The number of imide groups is 1. The zero-order chi connectivity index (χ0) is 20.0. The van der Waals surface area contributed by atoms with Gasteiger partial charge in [0.25, 0.3) is 11.8 Å². The van der Waals surface area contributed by atoms with Gasteiger partial charge in [0.2, 0.25) is 5.91 Å². The topological polar surface area (TPSA) is 88.6 Å². The van der Waals surface area contributed by atoms with Gasteiger partial charge in [0.05, 0.1) is 17.8 Å². The molecule has 0 saturated carbocycles. The van der Waals surface area contributed by atoms with Gasteiger partial charge in [-0.3, -0.25) is 24.2 Å². The van der Waals surface area contributed by atoms with Crippen LogP contribution in [0.1, 0.15) is 44.9 Å². The van der Waals surface area contributed by atoms with E-state index in [2.05, 4.69) is 0 Å². The number of amides is 3. The lowest BCUT2D eigenvalue weighted by Gasteiger charge is -2.32. The summed E-state index contributed by atoms with van der Waals surface area (Å²) >= 11 is 0. The summed E-state index contributed by atoms with van der Waals surface area (Å²) in [5.74, 6) is -0.875. The first-order chi connectivity index (χ1) is 13.4. The molecule has 2 aromatic rings. The molecule has 2 N–H and O–H groups in total. The van der Waals surface area contributed by atoms with Gasteiger partial charge in [-0.05, 0) is 38.8 Å². The Morgan fingerprint density at radius 2 is 1.54 bits per heavy atom. The third-order valence-electron chi connectivity index (χ3n) is 5.91. The number of rotatable bonds is 4. The predicted molar refractivity (Wildman–Crippen MR) is 104 cm³/mol. The van der Waals surface area contributed by atoms with E-state index in [9.17, 15) is 14.4 Å². The normalized spacial score (nSPS) is 18.0. The van der Waals surface area contributed by atoms with Crippen LogP contribution in [0.25, 0.3) is 5.69 Å². The van der Waals surface area contributed by atoms with E-state index >= 15 is 0 Å². The van der Waals surface area contributed by atoms with Crippen molar-refractivity contribution in [3.63, 3.8) is 0 Å². The van der Waals surface area contributed by atoms with Crippen molar-refractivity contribution < 1.29 is 14.4 Å². The van der Waals surface area contributed by atoms with Gasteiger partial charge in [-0.2, -0.15) is 0 Å². The van der Waals surface area contributed by atoms with Crippen LogP contribution in [-0.4, -0.2) is 51.8 Å². The number of hydrogen-bond acceptors (Lipinski definition) is 4. The quantitative estimate of drug-likeness (QED) is 0.820. The fraction of sp³-hybridized carbons (Fsp3) is 0.381. The summed E-state index contributed by atoms with van der Waals surface area (Å²) in [6.07, 6.45) is 1.33. The fourth-order valence-corrected chi connectivity index (χ4v) is 4.37. The lowest BCUT2D eigenvalue weighted by atomic mass is 9.97. The number of carbonyl (C=O) groups is 3. The van der Waals surface area contributed by atoms with Crippen molar-refractivity contribution >= 4 is 17.7 Å². The summed E-state index contributed by atoms with van der Waals surface area (Å²) in [6, 6.07) is 9.73. The molecule has 1 fully saturated rings. The van der Waals surface area contributed by atoms with Gasteiger partial charge in [0, 0.05) is 36.1 Å². The first-order valence-electron chi connectivity index (χ1n) is 9.55. The van der Waals surface area contributed by atoms with Crippen LogP contribution in [0, 0.1) is 19.8 Å². The molecule has 3 heterocycles. The van der Waals surface area contributed by atoms with E-state index in [1.165, 1.54) is 4.90 Å². The van der Waals surface area contributed by atoms with E-state index in [4.69, 9.17) is 5.73 Å². The summed E-state index contributed by atoms with van der Waals surface area (Å²) in [7, 11) is 0. The Bertz CT molecular complexity index is 916. The smallest absolute Gasteiger partial charge is 0.264 e. The van der Waals surface area contributed by atoms with Crippen LogP contribution in [0.2, 0.25) is 0 Å². The Hall–Kier alpha value is -2.93. The molecule has 0 unspecified atom stereocenters. The van der Waals surface area contributed by atoms with Crippen LogP contribution in [0.15, 0.2) is 30.3 Å². The van der Waals surface area contributed by atoms with Crippen molar-refractivity contribution in [2.45, 2.75) is 26.7 Å². The average molecular weight is 380 g/mol. The van der Waals surface area contributed by atoms with Gasteiger partial charge in [-0.15, -0.1) is 0 Å². The molecule has 1 aromatic heterocycles. The van der Waals surface area contributed by atoms with E-state index in [0.717, 1.165) is 17.1 Å². The maximum atomic E-state index is 13.1. The number of carbonyl (C=O) groups excluding carboxylic acids is 3. The second kappa shape index (κ2) is 6.91. The summed E-state index contributed by atoms with van der Waals surface area (Å²) in [4.78, 5) is 40.8. The molecule has 2 aliphatic heterocycles. The molecule has 0 spiro atoms. The molecule has 0 aliphatic carbocycles. The standard InChI is InChI=1S/C21H24N4O3/c1-13-17-18(14(2)25(13)16-6-4-3-5-7-16)21(28)24(20(17)27)12-23-10-8-15(9-11-23)19(22)26/h3-7,15H,8-12H2,1-2H3,(H2,22,26). The minimum Gasteiger partial charge on any atom is -0.369 e. The van der Waals surface area contributed by atoms with E-state index in [1.807, 2.05) is 53.6 Å². The maximum absolute atomic E-state index is 13.1. The minimum absolute atomic E-state index is 0.116. The Labute approximate surface area is 163 Å². The first kappa shape index (κ1) is 18.4. The molecule has 28 heavy (non-hydrogen) atoms. The Kier molecular flexibility index (Phi) is 4.55. The van der Waals surface area contributed by atoms with E-state index in [0.29, 0.717) is 37.1 Å². The van der Waals surface area contributed by atoms with Gasteiger partial charge in [0.15, 0.2) is 0 Å². The van der Waals surface area contributed by atoms with Crippen molar-refractivity contribution in [1.29, 1.82) is 0 Å². The number of nitrogens with two attached hydrogens (primary N) is 1. The van der Waals surface area contributed by atoms with Crippen LogP contribution in [0.4, 0.5) is 0 Å². The van der Waals surface area contributed by atoms with E-state index < -0.39 is 0 Å². The SMILES string of the molecule is Cc1c2c(c(C)n1-c1ccccc1)C(=O)N(CN1CCC(C(N)=O)CC1)C2=O. The van der Waals surface area contributed by atoms with Crippen LogP contribution in [-0.2, 0) is 4.79 Å². The molecular formula is C21H24N4O3. The number of benzene rings is 1. The molecule has 0 atom stereocenters. The Morgan fingerprint density at radius 3 is 2.04 bits per heavy atom. The molecule has 7 heteroatoms. The monoisotopic (exact) mass is 380 g/mol. The lowest BCUT2D eigenvalue weighted by Crippen LogP contribution is -2.46. The summed E-state index contributed by atoms with van der Waals surface area (Å²) < 4.78 is 1.97. The highest BCUT2D eigenvalue weighted by molar-refractivity contribution is 6.22. The molecule has 1 saturated heterocycles. The third kappa shape index (κ3) is 2.82. The molecule has 1 aromatic carbocycles. The van der Waals surface area contributed by atoms with Crippen molar-refractivity contribution in [3.8, 4) is 5.69 Å². The summed E-state index contributed by atoms with van der Waals surface area (Å²) in [5, 5.41) is 0. The molecular weight excluding hydrogens is 356 g/mol. The second-order valence-corrected chi connectivity index (χ2v) is 7.57. The highest BCUT2D eigenvalue weighted by Crippen LogP contribution is 2.33. The third-order valence-corrected chi connectivity index (χ3v) is 5.91. The van der Waals surface area contributed by atoms with E-state index in [-0.39, 0.29) is 30.3 Å². The van der Waals surface area contributed by atoms with Crippen molar-refractivity contribution in [3.05, 3.63) is 52.8 Å². The van der Waals surface area contributed by atoms with Crippen molar-refractivity contribution in [2.24, 2.45) is 11.7 Å². The number of para-hydroxylation sites is 1. The van der Waals surface area contributed by atoms with Crippen LogP contribution in [0.3, 0.4) is 0 Å². The second-order valence-electron chi connectivity index (χ2n) is 7.57. The number of aromatic nitrogens is 1. The van der Waals surface area contributed by atoms with Gasteiger partial charge in [-0.25, -0.2) is 0 Å². The van der Waals surface area contributed by atoms with Crippen LogP contribution < -0.4 is 5.73 Å². The Balaban J connectivity index is 1.58. The fourth-order valence-electron chi connectivity index (χ4n) is 4.37. The number of primary amides is 1. The number of hydrogen-bond donors (Lipinski definition) is 1. The summed E-state index contributed by atoms with van der Waals surface area (Å²) in [6.45, 7) is 5.31. The van der Waals surface area contributed by atoms with Crippen molar-refractivity contribution in [1.82, 2.24) is 14.4 Å². The van der Waals surface area contributed by atoms with Crippen LogP contribution >= 0.6 is 0 Å². The van der Waals surface area contributed by atoms with Gasteiger partial charge >= 0.3 is 0 Å². The zero-order valence-electron chi connectivity index (χ0n) is 16.1. The molecule has 0 bridgehead atoms. The predicted octanol–water partition coefficient (Wildman–Crippen LogP) is 1.84. The molecule has 4 rings (SSSR count). The Morgan fingerprint density at radius 1 is 1.00 bits per heavy atom. The zero-order valence-corrected chi connectivity index (χ0v) is 16.1. The minimum atomic E-state index is -0.273. The molecule has 3 amide bonds. The average Bonchev–Trinajstić information content (AvgIpc) is 3.09. The van der Waals surface area contributed by atoms with Gasteiger partial charge < -0.3 is 10.3 Å². The van der Waals surface area contributed by atoms with Crippen LogP contribution in [0.5, 0.6) is 0 Å². The number of piperidine rings is 1. The first-order valence-corrected chi connectivity index (χ1v) is 9.55. The van der Waals surface area contributed by atoms with E-state index in [1.54, 1.807) is 0 Å². The van der Waals surface area contributed by atoms with Crippen molar-refractivity contribution in [2.75, 3.05) is 19.8 Å². The lowest BCUT2D eigenvalue weighted by molar-refractivity contribution is -0.123. The highest BCUT2D eigenvalue weighted by atomic mass is 16.2. The number of likely N-dealkylation sites (tertiary alicyclic amines) is 1. The van der Waals surface area contributed by atoms with Gasteiger partial charge in [0.1, 0.15) is 0 Å². The number of nitrogens with zero attached hydrogens (tertiary/aromatic N) is 3.